The topological polar surface area (TPSA) is 113 Å². The molecule has 0 saturated carbocycles. The molecule has 0 unspecified atom stereocenters. The molecule has 8 nitrogen and oxygen atoms in total. The summed E-state index contributed by atoms with van der Waals surface area (Å²) in [4.78, 5) is 37.5. The van der Waals surface area contributed by atoms with Gasteiger partial charge in [-0.2, -0.15) is 0 Å². The number of hydrogen-bond donors (Lipinski definition) is 2. The third kappa shape index (κ3) is 5.06. The lowest BCUT2D eigenvalue weighted by Crippen LogP contribution is -2.37. The smallest absolute Gasteiger partial charge is 0.324 e. The van der Waals surface area contributed by atoms with Gasteiger partial charge in [-0.3, -0.25) is 14.5 Å². The first kappa shape index (κ1) is 20.2. The number of sulfone groups is 1. The summed E-state index contributed by atoms with van der Waals surface area (Å²) in [6.07, 6.45) is 0.860. The zero-order valence-electron chi connectivity index (χ0n) is 15.2. The maximum atomic E-state index is 13.2. The molecule has 0 radical (unpaired) electrons. The lowest BCUT2D eigenvalue weighted by atomic mass is 10.1. The molecule has 3 rings (SSSR count). The number of nitrogens with zero attached hydrogens (tertiary/aromatic N) is 1. The van der Waals surface area contributed by atoms with Crippen molar-refractivity contribution in [1.82, 2.24) is 15.5 Å². The Morgan fingerprint density at radius 3 is 2.79 bits per heavy atom. The largest absolute Gasteiger partial charge is 0.352 e. The molecule has 2 fully saturated rings. The quantitative estimate of drug-likeness (QED) is 0.630. The van der Waals surface area contributed by atoms with Gasteiger partial charge < -0.3 is 10.6 Å². The molecule has 152 valence electrons. The monoisotopic (exact) mass is 411 g/mol. The Balaban J connectivity index is 1.46. The summed E-state index contributed by atoms with van der Waals surface area (Å²) in [5.41, 5.74) is 0.676. The fraction of sp³-hybridized carbons (Fsp3) is 0.500. The number of benzene rings is 1. The van der Waals surface area contributed by atoms with Crippen LogP contribution in [-0.4, -0.2) is 61.3 Å². The van der Waals surface area contributed by atoms with Crippen LogP contribution in [0.5, 0.6) is 0 Å². The number of imide groups is 1. The van der Waals surface area contributed by atoms with Crippen molar-refractivity contribution >= 4 is 27.7 Å². The second-order valence-electron chi connectivity index (χ2n) is 7.08. The molecule has 1 aromatic rings. The minimum Gasteiger partial charge on any atom is -0.352 e. The maximum Gasteiger partial charge on any atom is 0.324 e. The van der Waals surface area contributed by atoms with Crippen LogP contribution in [0.25, 0.3) is 0 Å². The maximum absolute atomic E-state index is 13.2. The predicted molar refractivity (Wildman–Crippen MR) is 98.6 cm³/mol. The Labute approximate surface area is 162 Å². The molecule has 1 aromatic carbocycles. The summed E-state index contributed by atoms with van der Waals surface area (Å²) in [7, 11) is -3.08. The van der Waals surface area contributed by atoms with Crippen LogP contribution in [0.1, 0.15) is 24.8 Å². The average Bonchev–Trinajstić information content (AvgIpc) is 3.09. The van der Waals surface area contributed by atoms with Gasteiger partial charge in [0, 0.05) is 19.0 Å². The number of nitrogens with one attached hydrogen (secondary N) is 2. The van der Waals surface area contributed by atoms with Crippen molar-refractivity contribution in [1.29, 1.82) is 0 Å². The van der Waals surface area contributed by atoms with E-state index in [1.807, 2.05) is 0 Å². The molecule has 2 atom stereocenters. The van der Waals surface area contributed by atoms with Gasteiger partial charge in [-0.05, 0) is 37.0 Å². The lowest BCUT2D eigenvalue weighted by Gasteiger charge is -2.14. The van der Waals surface area contributed by atoms with E-state index >= 15 is 0 Å². The molecule has 2 saturated heterocycles. The van der Waals surface area contributed by atoms with E-state index in [0.29, 0.717) is 18.4 Å². The van der Waals surface area contributed by atoms with Gasteiger partial charge in [0.25, 0.3) is 5.91 Å². The van der Waals surface area contributed by atoms with Gasteiger partial charge in [0.1, 0.15) is 11.9 Å². The van der Waals surface area contributed by atoms with Gasteiger partial charge in [-0.1, -0.05) is 12.1 Å². The lowest BCUT2D eigenvalue weighted by molar-refractivity contribution is -0.127. The van der Waals surface area contributed by atoms with Crippen LogP contribution in [0, 0.1) is 5.82 Å². The second-order valence-corrected chi connectivity index (χ2v) is 9.31. The highest BCUT2D eigenvalue weighted by Gasteiger charge is 2.37. The van der Waals surface area contributed by atoms with E-state index in [4.69, 9.17) is 0 Å². The van der Waals surface area contributed by atoms with Crippen LogP contribution in [0.2, 0.25) is 0 Å². The summed E-state index contributed by atoms with van der Waals surface area (Å²) < 4.78 is 36.1. The number of carbonyl (C=O) groups is 3. The molecule has 0 aliphatic carbocycles. The molecule has 0 bridgehead atoms. The summed E-state index contributed by atoms with van der Waals surface area (Å²) in [6, 6.07) is 4.23. The minimum atomic E-state index is -3.08. The SMILES string of the molecule is O=C(CC[C@@H]1NC(=O)N(CCc2cccc(F)c2)C1=O)N[C@H]1CCS(=O)(=O)C1. The molecule has 2 N–H and O–H groups in total. The van der Waals surface area contributed by atoms with Crippen molar-refractivity contribution in [3.8, 4) is 0 Å². The molecule has 0 spiro atoms. The summed E-state index contributed by atoms with van der Waals surface area (Å²) >= 11 is 0. The number of amides is 4. The van der Waals surface area contributed by atoms with E-state index in [1.54, 1.807) is 12.1 Å². The third-order valence-electron chi connectivity index (χ3n) is 4.88. The summed E-state index contributed by atoms with van der Waals surface area (Å²) in [5.74, 6) is -1.14. The first-order valence-electron chi connectivity index (χ1n) is 9.09. The van der Waals surface area contributed by atoms with Crippen LogP contribution < -0.4 is 10.6 Å². The van der Waals surface area contributed by atoms with Gasteiger partial charge in [0.15, 0.2) is 9.84 Å². The normalized spacial score (nSPS) is 23.7. The molecule has 2 heterocycles. The van der Waals surface area contributed by atoms with E-state index in [9.17, 15) is 27.2 Å². The molecule has 28 heavy (non-hydrogen) atoms. The Hall–Kier alpha value is -2.49. The Morgan fingerprint density at radius 2 is 2.11 bits per heavy atom. The molecule has 2 aliphatic heterocycles. The summed E-state index contributed by atoms with van der Waals surface area (Å²) in [5, 5.41) is 5.21. The number of urea groups is 1. The number of halogens is 1. The van der Waals surface area contributed by atoms with E-state index in [-0.39, 0.29) is 42.6 Å². The Bertz CT molecular complexity index is 889. The standard InChI is InChI=1S/C18H22FN3O5S/c19-13-3-1-2-12(10-13)6-8-22-17(24)15(21-18(22)25)4-5-16(23)20-14-7-9-28(26,27)11-14/h1-3,10,14-15H,4-9,11H2,(H,20,23)(H,21,25)/t14-,15-/m0/s1. The predicted octanol–water partition coefficient (Wildman–Crippen LogP) is 0.372. The van der Waals surface area contributed by atoms with Gasteiger partial charge in [-0.25, -0.2) is 17.6 Å². The zero-order valence-corrected chi connectivity index (χ0v) is 16.0. The van der Waals surface area contributed by atoms with Crippen molar-refractivity contribution in [2.45, 2.75) is 37.8 Å². The van der Waals surface area contributed by atoms with E-state index < -0.39 is 33.9 Å². The number of carbonyl (C=O) groups excluding carboxylic acids is 3. The molecule has 2 aliphatic rings. The Morgan fingerprint density at radius 1 is 1.32 bits per heavy atom. The highest BCUT2D eigenvalue weighted by Crippen LogP contribution is 2.15. The first-order valence-corrected chi connectivity index (χ1v) is 10.9. The molecule has 10 heteroatoms. The highest BCUT2D eigenvalue weighted by atomic mass is 32.2. The van der Waals surface area contributed by atoms with Crippen molar-refractivity contribution in [3.63, 3.8) is 0 Å². The molecule has 4 amide bonds. The Kier molecular flexibility index (Phi) is 5.97. The second kappa shape index (κ2) is 8.26. The van der Waals surface area contributed by atoms with Gasteiger partial charge in [-0.15, -0.1) is 0 Å². The van der Waals surface area contributed by atoms with E-state index in [2.05, 4.69) is 10.6 Å². The van der Waals surface area contributed by atoms with Gasteiger partial charge in [0.05, 0.1) is 11.5 Å². The van der Waals surface area contributed by atoms with Crippen LogP contribution in [0.4, 0.5) is 9.18 Å². The zero-order chi connectivity index (χ0) is 20.3. The van der Waals surface area contributed by atoms with Crippen molar-refractivity contribution in [2.24, 2.45) is 0 Å². The van der Waals surface area contributed by atoms with Crippen LogP contribution in [-0.2, 0) is 25.8 Å². The minimum absolute atomic E-state index is 0.00493. The van der Waals surface area contributed by atoms with Gasteiger partial charge in [0.2, 0.25) is 5.91 Å². The fourth-order valence-corrected chi connectivity index (χ4v) is 5.08. The number of hydrogen-bond acceptors (Lipinski definition) is 5. The van der Waals surface area contributed by atoms with Crippen molar-refractivity contribution < 1.29 is 27.2 Å². The third-order valence-corrected chi connectivity index (χ3v) is 6.65. The average molecular weight is 411 g/mol. The molecular weight excluding hydrogens is 389 g/mol. The van der Waals surface area contributed by atoms with Crippen molar-refractivity contribution in [2.75, 3.05) is 18.1 Å². The van der Waals surface area contributed by atoms with E-state index in [0.717, 1.165) is 4.90 Å². The number of rotatable bonds is 7. The van der Waals surface area contributed by atoms with Crippen LogP contribution in [0.3, 0.4) is 0 Å². The molecule has 0 aromatic heterocycles. The summed E-state index contributed by atoms with van der Waals surface area (Å²) in [6.45, 7) is 0.122. The van der Waals surface area contributed by atoms with E-state index in [1.165, 1.54) is 12.1 Å². The fourth-order valence-electron chi connectivity index (χ4n) is 3.40. The first-order chi connectivity index (χ1) is 13.2. The highest BCUT2D eigenvalue weighted by molar-refractivity contribution is 7.91. The van der Waals surface area contributed by atoms with Crippen LogP contribution >= 0.6 is 0 Å². The van der Waals surface area contributed by atoms with Crippen LogP contribution in [0.15, 0.2) is 24.3 Å². The van der Waals surface area contributed by atoms with Gasteiger partial charge >= 0.3 is 6.03 Å². The molecular formula is C18H22FN3O5S. The van der Waals surface area contributed by atoms with Crippen molar-refractivity contribution in [3.05, 3.63) is 35.6 Å².